The molecule has 25 heavy (non-hydrogen) atoms. The molecule has 0 bridgehead atoms. The number of aliphatic hydroxyl groups is 1. The maximum atomic E-state index is 12.1. The quantitative estimate of drug-likeness (QED) is 0.683. The zero-order valence-electron chi connectivity index (χ0n) is 15.0. The van der Waals surface area contributed by atoms with Gasteiger partial charge in [-0.2, -0.15) is 0 Å². The van der Waals surface area contributed by atoms with Crippen molar-refractivity contribution in [3.8, 4) is 0 Å². The molecule has 7 heteroatoms. The van der Waals surface area contributed by atoms with Gasteiger partial charge in [0.2, 0.25) is 0 Å². The average molecular weight is 349 g/mol. The van der Waals surface area contributed by atoms with Crippen LogP contribution in [0, 0.1) is 5.92 Å². The first-order valence-electron chi connectivity index (χ1n) is 9.84. The van der Waals surface area contributed by atoms with Crippen molar-refractivity contribution in [3.05, 3.63) is 11.6 Å². The smallest absolute Gasteiger partial charge is 0.315 e. The molecule has 7 nitrogen and oxygen atoms in total. The third-order valence-corrected chi connectivity index (χ3v) is 5.51. The lowest BCUT2D eigenvalue weighted by Crippen LogP contribution is -2.47. The second-order valence-corrected chi connectivity index (χ2v) is 7.33. The van der Waals surface area contributed by atoms with Gasteiger partial charge in [0.1, 0.15) is 11.6 Å². The van der Waals surface area contributed by atoms with Gasteiger partial charge in [0.15, 0.2) is 0 Å². The topological polar surface area (TPSA) is 92.1 Å². The maximum absolute atomic E-state index is 12.1. The first kappa shape index (κ1) is 18.2. The summed E-state index contributed by atoms with van der Waals surface area (Å²) >= 11 is 0. The molecule has 1 aliphatic carbocycles. The van der Waals surface area contributed by atoms with Gasteiger partial charge >= 0.3 is 6.03 Å². The van der Waals surface area contributed by atoms with E-state index >= 15 is 0 Å². The van der Waals surface area contributed by atoms with Crippen LogP contribution in [0.15, 0.2) is 0 Å². The molecule has 0 spiro atoms. The van der Waals surface area contributed by atoms with Gasteiger partial charge in [0.25, 0.3) is 0 Å². The summed E-state index contributed by atoms with van der Waals surface area (Å²) in [6.45, 7) is 1.81. The molecule has 140 valence electrons. The summed E-state index contributed by atoms with van der Waals surface area (Å²) in [4.78, 5) is 12.1. The van der Waals surface area contributed by atoms with E-state index in [1.807, 2.05) is 0 Å². The third kappa shape index (κ3) is 4.93. The Hall–Kier alpha value is -1.63. The van der Waals surface area contributed by atoms with Gasteiger partial charge in [-0.1, -0.05) is 19.3 Å². The number of carbonyl (C=O) groups is 1. The summed E-state index contributed by atoms with van der Waals surface area (Å²) in [7, 11) is 0. The lowest BCUT2D eigenvalue weighted by atomic mass is 9.85. The minimum absolute atomic E-state index is 0.103. The van der Waals surface area contributed by atoms with Gasteiger partial charge in [-0.3, -0.25) is 0 Å². The van der Waals surface area contributed by atoms with Crippen LogP contribution in [-0.2, 0) is 19.4 Å². The minimum atomic E-state index is -0.120. The molecular weight excluding hydrogens is 318 g/mol. The molecule has 3 rings (SSSR count). The summed E-state index contributed by atoms with van der Waals surface area (Å²) in [5.41, 5.74) is 0. The zero-order chi connectivity index (χ0) is 17.5. The molecular formula is C18H31N5O2. The van der Waals surface area contributed by atoms with Crippen molar-refractivity contribution in [2.75, 3.05) is 13.2 Å². The van der Waals surface area contributed by atoms with E-state index in [2.05, 4.69) is 25.4 Å². The van der Waals surface area contributed by atoms with E-state index in [9.17, 15) is 9.90 Å². The minimum Gasteiger partial charge on any atom is -0.396 e. The van der Waals surface area contributed by atoms with Gasteiger partial charge in [0, 0.05) is 44.5 Å². The number of aromatic nitrogens is 3. The molecule has 1 saturated carbocycles. The van der Waals surface area contributed by atoms with Crippen LogP contribution in [-0.4, -0.2) is 45.1 Å². The Morgan fingerprint density at radius 1 is 1.16 bits per heavy atom. The number of aryl methyl sites for hydroxylation is 2. The SMILES string of the molecule is O=C(NCCCc1nnc2n1CCCCC2)NC1CCCCC1CO. The Morgan fingerprint density at radius 3 is 2.92 bits per heavy atom. The van der Waals surface area contributed by atoms with Crippen LogP contribution in [0.5, 0.6) is 0 Å². The van der Waals surface area contributed by atoms with E-state index in [4.69, 9.17) is 0 Å². The molecule has 2 atom stereocenters. The van der Waals surface area contributed by atoms with Crippen LogP contribution >= 0.6 is 0 Å². The Labute approximate surface area is 149 Å². The number of aliphatic hydroxyl groups excluding tert-OH is 1. The normalized spacial score (nSPS) is 23.6. The fourth-order valence-corrected chi connectivity index (χ4v) is 4.01. The van der Waals surface area contributed by atoms with Crippen LogP contribution < -0.4 is 10.6 Å². The first-order chi connectivity index (χ1) is 12.3. The van der Waals surface area contributed by atoms with Crippen molar-refractivity contribution in [2.45, 2.75) is 76.8 Å². The molecule has 1 aromatic rings. The second-order valence-electron chi connectivity index (χ2n) is 7.33. The number of carbonyl (C=O) groups excluding carboxylic acids is 1. The fourth-order valence-electron chi connectivity index (χ4n) is 4.01. The highest BCUT2D eigenvalue weighted by atomic mass is 16.3. The number of fused-ring (bicyclic) bond motifs is 1. The lowest BCUT2D eigenvalue weighted by Gasteiger charge is -2.30. The number of hydrogen-bond acceptors (Lipinski definition) is 4. The molecule has 2 unspecified atom stereocenters. The Bertz CT molecular complexity index is 560. The van der Waals surface area contributed by atoms with Crippen LogP contribution in [0.4, 0.5) is 4.79 Å². The monoisotopic (exact) mass is 349 g/mol. The van der Waals surface area contributed by atoms with Crippen molar-refractivity contribution in [2.24, 2.45) is 5.92 Å². The highest BCUT2D eigenvalue weighted by molar-refractivity contribution is 5.74. The predicted molar refractivity (Wildman–Crippen MR) is 95.3 cm³/mol. The molecule has 1 aliphatic heterocycles. The van der Waals surface area contributed by atoms with Gasteiger partial charge in [0.05, 0.1) is 0 Å². The van der Waals surface area contributed by atoms with Crippen molar-refractivity contribution in [1.82, 2.24) is 25.4 Å². The van der Waals surface area contributed by atoms with Crippen LogP contribution in [0.3, 0.4) is 0 Å². The summed E-state index contributed by atoms with van der Waals surface area (Å²) < 4.78 is 2.26. The predicted octanol–water partition coefficient (Wildman–Crippen LogP) is 1.79. The number of nitrogens with one attached hydrogen (secondary N) is 2. The summed E-state index contributed by atoms with van der Waals surface area (Å²) in [6, 6.07) is -0.0172. The van der Waals surface area contributed by atoms with Gasteiger partial charge in [-0.05, 0) is 32.1 Å². The van der Waals surface area contributed by atoms with Crippen molar-refractivity contribution in [1.29, 1.82) is 0 Å². The lowest BCUT2D eigenvalue weighted by molar-refractivity contribution is 0.153. The standard InChI is InChI=1S/C18H31N5O2/c24-13-14-7-3-4-8-15(14)20-18(25)19-11-6-10-17-22-21-16-9-2-1-5-12-23(16)17/h14-15,24H,1-13H2,(H2,19,20,25). The first-order valence-corrected chi connectivity index (χ1v) is 9.84. The maximum Gasteiger partial charge on any atom is 0.315 e. The van der Waals surface area contributed by atoms with Crippen molar-refractivity contribution >= 4 is 6.03 Å². The molecule has 2 amide bonds. The molecule has 0 radical (unpaired) electrons. The summed E-state index contributed by atoms with van der Waals surface area (Å²) in [6.07, 6.45) is 10.6. The molecule has 1 fully saturated rings. The highest BCUT2D eigenvalue weighted by Gasteiger charge is 2.25. The van der Waals surface area contributed by atoms with Gasteiger partial charge in [-0.25, -0.2) is 4.79 Å². The third-order valence-electron chi connectivity index (χ3n) is 5.51. The van der Waals surface area contributed by atoms with E-state index in [0.717, 1.165) is 63.1 Å². The number of rotatable bonds is 6. The number of amides is 2. The van der Waals surface area contributed by atoms with E-state index < -0.39 is 0 Å². The second kappa shape index (κ2) is 9.17. The molecule has 2 heterocycles. The number of nitrogens with zero attached hydrogens (tertiary/aromatic N) is 3. The molecule has 1 aromatic heterocycles. The molecule has 3 N–H and O–H groups in total. The molecule has 0 aromatic carbocycles. The van der Waals surface area contributed by atoms with Crippen LogP contribution in [0.25, 0.3) is 0 Å². The van der Waals surface area contributed by atoms with Gasteiger partial charge in [-0.15, -0.1) is 10.2 Å². The van der Waals surface area contributed by atoms with Crippen molar-refractivity contribution < 1.29 is 9.90 Å². The number of hydrogen-bond donors (Lipinski definition) is 3. The number of urea groups is 1. The fraction of sp³-hybridized carbons (Fsp3) is 0.833. The Morgan fingerprint density at radius 2 is 2.04 bits per heavy atom. The van der Waals surface area contributed by atoms with E-state index in [1.165, 1.54) is 19.3 Å². The Balaban J connectivity index is 1.38. The average Bonchev–Trinajstić information content (AvgIpc) is 2.86. The highest BCUT2D eigenvalue weighted by Crippen LogP contribution is 2.23. The molecule has 2 aliphatic rings. The molecule has 0 saturated heterocycles. The summed E-state index contributed by atoms with van der Waals surface area (Å²) in [5, 5.41) is 24.0. The van der Waals surface area contributed by atoms with E-state index in [-0.39, 0.29) is 24.6 Å². The largest absolute Gasteiger partial charge is 0.396 e. The van der Waals surface area contributed by atoms with Crippen LogP contribution in [0.2, 0.25) is 0 Å². The van der Waals surface area contributed by atoms with E-state index in [1.54, 1.807) is 0 Å². The van der Waals surface area contributed by atoms with Crippen LogP contribution in [0.1, 0.15) is 63.0 Å². The summed E-state index contributed by atoms with van der Waals surface area (Å²) in [5.74, 6) is 2.36. The Kier molecular flexibility index (Phi) is 6.67. The van der Waals surface area contributed by atoms with Crippen molar-refractivity contribution in [3.63, 3.8) is 0 Å². The zero-order valence-corrected chi connectivity index (χ0v) is 15.0. The van der Waals surface area contributed by atoms with E-state index in [0.29, 0.717) is 6.54 Å². The van der Waals surface area contributed by atoms with Gasteiger partial charge < -0.3 is 20.3 Å².